The molecular weight excluding hydrogens is 277 g/mol. The molecule has 1 nitrogen and oxygen atoms in total. The fourth-order valence-corrected chi connectivity index (χ4v) is 2.98. The Hall–Kier alpha value is -2.10. The van der Waals surface area contributed by atoms with Crippen molar-refractivity contribution in [2.75, 3.05) is 0 Å². The van der Waals surface area contributed by atoms with Crippen LogP contribution in [0.1, 0.15) is 21.5 Å². The number of ketones is 1. The molecule has 0 N–H and O–H groups in total. The van der Waals surface area contributed by atoms with Crippen LogP contribution in [0, 0.1) is 5.41 Å². The van der Waals surface area contributed by atoms with Gasteiger partial charge < -0.3 is 0 Å². The Balaban J connectivity index is 2.08. The standard InChI is InChI=1S/C17H13F3O/c18-17(19,20)16(10-12-6-2-1-3-7-12)11-13-8-4-5-9-14(13)15(16)21/h1-9H,10-11H2. The lowest BCUT2D eigenvalue weighted by atomic mass is 9.77. The number of carbonyl (C=O) groups excluding carboxylic acids is 1. The van der Waals surface area contributed by atoms with Crippen LogP contribution in [0.15, 0.2) is 54.6 Å². The summed E-state index contributed by atoms with van der Waals surface area (Å²) < 4.78 is 41.1. The maximum Gasteiger partial charge on any atom is 0.402 e. The summed E-state index contributed by atoms with van der Waals surface area (Å²) >= 11 is 0. The molecule has 108 valence electrons. The molecule has 0 saturated heterocycles. The van der Waals surface area contributed by atoms with Crippen LogP contribution < -0.4 is 0 Å². The molecule has 3 rings (SSSR count). The first-order valence-electron chi connectivity index (χ1n) is 6.67. The summed E-state index contributed by atoms with van der Waals surface area (Å²) in [6, 6.07) is 14.7. The summed E-state index contributed by atoms with van der Waals surface area (Å²) in [5, 5.41) is 0. The van der Waals surface area contributed by atoms with E-state index >= 15 is 0 Å². The highest BCUT2D eigenvalue weighted by Crippen LogP contribution is 2.50. The van der Waals surface area contributed by atoms with E-state index in [1.165, 1.54) is 6.07 Å². The molecule has 0 aromatic heterocycles. The zero-order chi connectivity index (χ0) is 15.1. The summed E-state index contributed by atoms with van der Waals surface area (Å²) in [4.78, 5) is 12.4. The van der Waals surface area contributed by atoms with Gasteiger partial charge in [-0.05, 0) is 24.0 Å². The number of alkyl halides is 3. The third kappa shape index (κ3) is 2.15. The lowest BCUT2D eigenvalue weighted by Gasteiger charge is -2.30. The maximum atomic E-state index is 13.7. The third-order valence-corrected chi connectivity index (χ3v) is 4.08. The van der Waals surface area contributed by atoms with Gasteiger partial charge in [-0.25, -0.2) is 0 Å². The van der Waals surface area contributed by atoms with Crippen molar-refractivity contribution in [3.05, 3.63) is 71.3 Å². The number of hydrogen-bond donors (Lipinski definition) is 0. The summed E-state index contributed by atoms with van der Waals surface area (Å²) in [5.74, 6) is -0.811. The lowest BCUT2D eigenvalue weighted by Crippen LogP contribution is -2.45. The summed E-state index contributed by atoms with van der Waals surface area (Å²) in [6.45, 7) is 0. The quantitative estimate of drug-likeness (QED) is 0.809. The molecule has 0 amide bonds. The predicted octanol–water partition coefficient (Wildman–Crippen LogP) is 4.22. The minimum absolute atomic E-state index is 0.200. The van der Waals surface area contributed by atoms with E-state index in [0.717, 1.165) is 0 Å². The van der Waals surface area contributed by atoms with Crippen molar-refractivity contribution in [3.63, 3.8) is 0 Å². The third-order valence-electron chi connectivity index (χ3n) is 4.08. The van der Waals surface area contributed by atoms with E-state index in [9.17, 15) is 18.0 Å². The lowest BCUT2D eigenvalue weighted by molar-refractivity contribution is -0.201. The molecule has 1 unspecified atom stereocenters. The molecule has 0 saturated carbocycles. The Morgan fingerprint density at radius 3 is 2.19 bits per heavy atom. The second-order valence-electron chi connectivity index (χ2n) is 5.41. The second-order valence-corrected chi connectivity index (χ2v) is 5.41. The van der Waals surface area contributed by atoms with Gasteiger partial charge in [0.1, 0.15) is 5.41 Å². The van der Waals surface area contributed by atoms with Gasteiger partial charge in [-0.1, -0.05) is 54.6 Å². The van der Waals surface area contributed by atoms with E-state index in [1.54, 1.807) is 48.5 Å². The average molecular weight is 290 g/mol. The number of halogens is 3. The topological polar surface area (TPSA) is 17.1 Å². The molecule has 21 heavy (non-hydrogen) atoms. The smallest absolute Gasteiger partial charge is 0.293 e. The van der Waals surface area contributed by atoms with Gasteiger partial charge >= 0.3 is 6.18 Å². The molecule has 0 aliphatic heterocycles. The van der Waals surface area contributed by atoms with Crippen molar-refractivity contribution in [1.29, 1.82) is 0 Å². The molecule has 1 atom stereocenters. The van der Waals surface area contributed by atoms with Crippen molar-refractivity contribution in [1.82, 2.24) is 0 Å². The van der Waals surface area contributed by atoms with Crippen molar-refractivity contribution in [3.8, 4) is 0 Å². The highest BCUT2D eigenvalue weighted by Gasteiger charge is 2.62. The summed E-state index contributed by atoms with van der Waals surface area (Å²) in [6.07, 6.45) is -5.16. The predicted molar refractivity (Wildman–Crippen MR) is 73.1 cm³/mol. The van der Waals surface area contributed by atoms with Crippen LogP contribution in [0.3, 0.4) is 0 Å². The molecular formula is C17H13F3O. The van der Waals surface area contributed by atoms with Crippen LogP contribution >= 0.6 is 0 Å². The van der Waals surface area contributed by atoms with Crippen LogP contribution in [-0.2, 0) is 12.8 Å². The first-order chi connectivity index (χ1) is 9.94. The SMILES string of the molecule is O=C1c2ccccc2CC1(Cc1ccccc1)C(F)(F)F. The minimum atomic E-state index is -4.57. The molecule has 1 aliphatic carbocycles. The van der Waals surface area contributed by atoms with E-state index in [0.29, 0.717) is 11.1 Å². The number of Topliss-reactive ketones (excluding diaryl/α,β-unsaturated/α-hetero) is 1. The molecule has 4 heteroatoms. The first kappa shape index (κ1) is 13.9. The number of carbonyl (C=O) groups is 1. The molecule has 2 aromatic carbocycles. The van der Waals surface area contributed by atoms with Gasteiger partial charge in [0, 0.05) is 5.56 Å². The highest BCUT2D eigenvalue weighted by atomic mass is 19.4. The van der Waals surface area contributed by atoms with Gasteiger partial charge in [0.2, 0.25) is 0 Å². The van der Waals surface area contributed by atoms with Gasteiger partial charge in [-0.3, -0.25) is 4.79 Å². The number of hydrogen-bond acceptors (Lipinski definition) is 1. The van der Waals surface area contributed by atoms with E-state index in [1.807, 2.05) is 0 Å². The summed E-state index contributed by atoms with van der Waals surface area (Å²) in [7, 11) is 0. The van der Waals surface area contributed by atoms with Gasteiger partial charge in [0.05, 0.1) is 0 Å². The Labute approximate surface area is 120 Å². The summed E-state index contributed by atoms with van der Waals surface area (Å²) in [5.41, 5.74) is -1.13. The fraction of sp³-hybridized carbons (Fsp3) is 0.235. The largest absolute Gasteiger partial charge is 0.402 e. The highest BCUT2D eigenvalue weighted by molar-refractivity contribution is 6.05. The van der Waals surface area contributed by atoms with Crippen LogP contribution in [-0.4, -0.2) is 12.0 Å². The minimum Gasteiger partial charge on any atom is -0.293 e. The fourth-order valence-electron chi connectivity index (χ4n) is 2.98. The number of benzene rings is 2. The number of fused-ring (bicyclic) bond motifs is 1. The molecule has 2 aromatic rings. The van der Waals surface area contributed by atoms with Crippen LogP contribution in [0.25, 0.3) is 0 Å². The van der Waals surface area contributed by atoms with E-state index < -0.39 is 17.4 Å². The zero-order valence-electron chi connectivity index (χ0n) is 11.2. The Kier molecular flexibility index (Phi) is 3.12. The molecule has 0 heterocycles. The van der Waals surface area contributed by atoms with Gasteiger partial charge in [0.25, 0.3) is 0 Å². The van der Waals surface area contributed by atoms with Crippen molar-refractivity contribution >= 4 is 5.78 Å². The maximum absolute atomic E-state index is 13.7. The van der Waals surface area contributed by atoms with E-state index in [2.05, 4.69) is 0 Å². The van der Waals surface area contributed by atoms with Crippen LogP contribution in [0.4, 0.5) is 13.2 Å². The van der Waals surface area contributed by atoms with Crippen LogP contribution in [0.5, 0.6) is 0 Å². The molecule has 0 spiro atoms. The van der Waals surface area contributed by atoms with Crippen molar-refractivity contribution in [2.45, 2.75) is 19.0 Å². The zero-order valence-corrected chi connectivity index (χ0v) is 11.2. The van der Waals surface area contributed by atoms with E-state index in [4.69, 9.17) is 0 Å². The monoisotopic (exact) mass is 290 g/mol. The molecule has 0 radical (unpaired) electrons. The van der Waals surface area contributed by atoms with Gasteiger partial charge in [-0.15, -0.1) is 0 Å². The van der Waals surface area contributed by atoms with Crippen molar-refractivity contribution < 1.29 is 18.0 Å². The molecule has 1 aliphatic rings. The van der Waals surface area contributed by atoms with Gasteiger partial charge in [-0.2, -0.15) is 13.2 Å². The average Bonchev–Trinajstić information content (AvgIpc) is 2.74. The second kappa shape index (κ2) is 4.72. The Morgan fingerprint density at radius 2 is 1.57 bits per heavy atom. The normalized spacial score (nSPS) is 21.4. The Bertz CT molecular complexity index is 676. The molecule has 0 fully saturated rings. The van der Waals surface area contributed by atoms with E-state index in [-0.39, 0.29) is 18.4 Å². The van der Waals surface area contributed by atoms with Crippen LogP contribution in [0.2, 0.25) is 0 Å². The Morgan fingerprint density at radius 1 is 0.952 bits per heavy atom. The number of rotatable bonds is 2. The van der Waals surface area contributed by atoms with Crippen molar-refractivity contribution in [2.24, 2.45) is 5.41 Å². The molecule has 0 bridgehead atoms. The first-order valence-corrected chi connectivity index (χ1v) is 6.67. The van der Waals surface area contributed by atoms with Gasteiger partial charge in [0.15, 0.2) is 5.78 Å².